The van der Waals surface area contributed by atoms with Gasteiger partial charge in [-0.25, -0.2) is 0 Å². The predicted octanol–water partition coefficient (Wildman–Crippen LogP) is 6.52. The molecule has 0 N–H and O–H groups in total. The van der Waals surface area contributed by atoms with E-state index in [2.05, 4.69) is 51.0 Å². The summed E-state index contributed by atoms with van der Waals surface area (Å²) in [5, 5.41) is 1.98. The third-order valence-corrected chi connectivity index (χ3v) is 6.66. The topological polar surface area (TPSA) is 30.3 Å². The van der Waals surface area contributed by atoms with Crippen LogP contribution >= 0.6 is 11.6 Å². The Morgan fingerprint density at radius 2 is 1.66 bits per heavy atom. The highest BCUT2D eigenvalue weighted by molar-refractivity contribution is 6.31. The molecule has 0 aliphatic carbocycles. The fraction of sp³-hybridized carbons (Fsp3) is 0.296. The molecule has 2 aromatic carbocycles. The molecule has 3 heterocycles. The zero-order chi connectivity index (χ0) is 21.9. The maximum absolute atomic E-state index is 6.38. The highest BCUT2D eigenvalue weighted by Crippen LogP contribution is 2.34. The van der Waals surface area contributed by atoms with Crippen LogP contribution in [0.3, 0.4) is 0 Å². The van der Waals surface area contributed by atoms with Gasteiger partial charge < -0.3 is 14.2 Å². The first-order valence-electron chi connectivity index (χ1n) is 11.3. The van der Waals surface area contributed by atoms with E-state index in [0.29, 0.717) is 0 Å². The highest BCUT2D eigenvalue weighted by Gasteiger charge is 2.14. The molecule has 1 fully saturated rings. The number of nitrogens with zero attached hydrogens (tertiary/aromatic N) is 3. The lowest BCUT2D eigenvalue weighted by atomic mass is 10.0. The van der Waals surface area contributed by atoms with E-state index in [1.165, 1.54) is 48.8 Å². The van der Waals surface area contributed by atoms with Gasteiger partial charge >= 0.3 is 0 Å². The third-order valence-electron chi connectivity index (χ3n) is 6.42. The van der Waals surface area contributed by atoms with Gasteiger partial charge in [-0.2, -0.15) is 0 Å². The minimum atomic E-state index is 0.770. The SMILES string of the molecule is COc1ccc(-c2cncc(-c3cn(CCN4CCCCC4)c4cc(Cl)ccc34)c2)cc1. The molecule has 32 heavy (non-hydrogen) atoms. The number of methoxy groups -OCH3 is 1. The van der Waals surface area contributed by atoms with E-state index in [1.807, 2.05) is 30.6 Å². The monoisotopic (exact) mass is 445 g/mol. The van der Waals surface area contributed by atoms with Crippen molar-refractivity contribution in [3.05, 3.63) is 72.1 Å². The molecule has 5 rings (SSSR count). The van der Waals surface area contributed by atoms with Crippen molar-refractivity contribution in [2.24, 2.45) is 0 Å². The summed E-state index contributed by atoms with van der Waals surface area (Å²) in [6.45, 7) is 4.45. The second kappa shape index (κ2) is 9.35. The van der Waals surface area contributed by atoms with Crippen molar-refractivity contribution in [2.45, 2.75) is 25.8 Å². The summed E-state index contributed by atoms with van der Waals surface area (Å²) in [6.07, 6.45) is 10.1. The third kappa shape index (κ3) is 4.38. The minimum Gasteiger partial charge on any atom is -0.497 e. The van der Waals surface area contributed by atoms with E-state index in [-0.39, 0.29) is 0 Å². The Hall–Kier alpha value is -2.82. The summed E-state index contributed by atoms with van der Waals surface area (Å²) in [6, 6.07) is 16.5. The number of aromatic nitrogens is 2. The molecule has 0 amide bonds. The van der Waals surface area contributed by atoms with Crippen molar-refractivity contribution in [3.63, 3.8) is 0 Å². The van der Waals surface area contributed by atoms with E-state index in [1.54, 1.807) is 7.11 Å². The average molecular weight is 446 g/mol. The number of benzene rings is 2. The van der Waals surface area contributed by atoms with Crippen LogP contribution in [0, 0.1) is 0 Å². The lowest BCUT2D eigenvalue weighted by molar-refractivity contribution is 0.222. The van der Waals surface area contributed by atoms with E-state index < -0.39 is 0 Å². The van der Waals surface area contributed by atoms with Gasteiger partial charge in [0.05, 0.1) is 12.6 Å². The summed E-state index contributed by atoms with van der Waals surface area (Å²) >= 11 is 6.38. The number of hydrogen-bond acceptors (Lipinski definition) is 3. The van der Waals surface area contributed by atoms with Crippen LogP contribution in [0.2, 0.25) is 5.02 Å². The van der Waals surface area contributed by atoms with E-state index in [0.717, 1.165) is 40.6 Å². The Balaban J connectivity index is 1.49. The van der Waals surface area contributed by atoms with Crippen molar-refractivity contribution < 1.29 is 4.74 Å². The van der Waals surface area contributed by atoms with Crippen molar-refractivity contribution in [2.75, 3.05) is 26.7 Å². The van der Waals surface area contributed by atoms with Gasteiger partial charge in [-0.05, 0) is 61.8 Å². The molecule has 0 atom stereocenters. The Labute approximate surface area is 194 Å². The minimum absolute atomic E-state index is 0.770. The van der Waals surface area contributed by atoms with Gasteiger partial charge in [0.25, 0.3) is 0 Å². The van der Waals surface area contributed by atoms with Gasteiger partial charge in [-0.1, -0.05) is 36.2 Å². The second-order valence-electron chi connectivity index (χ2n) is 8.49. The Morgan fingerprint density at radius 3 is 2.44 bits per heavy atom. The highest BCUT2D eigenvalue weighted by atomic mass is 35.5. The Morgan fingerprint density at radius 1 is 0.875 bits per heavy atom. The fourth-order valence-electron chi connectivity index (χ4n) is 4.64. The van der Waals surface area contributed by atoms with Crippen molar-refractivity contribution >= 4 is 22.5 Å². The van der Waals surface area contributed by atoms with E-state index >= 15 is 0 Å². The number of pyridine rings is 1. The van der Waals surface area contributed by atoms with Crippen LogP contribution in [0.1, 0.15) is 19.3 Å². The average Bonchev–Trinajstić information content (AvgIpc) is 3.21. The molecule has 2 aromatic heterocycles. The molecule has 0 saturated carbocycles. The number of rotatable bonds is 6. The largest absolute Gasteiger partial charge is 0.497 e. The number of hydrogen-bond donors (Lipinski definition) is 0. The van der Waals surface area contributed by atoms with Crippen LogP contribution in [-0.2, 0) is 6.54 Å². The zero-order valence-electron chi connectivity index (χ0n) is 18.4. The smallest absolute Gasteiger partial charge is 0.118 e. The molecule has 1 aliphatic rings. The predicted molar refractivity (Wildman–Crippen MR) is 132 cm³/mol. The van der Waals surface area contributed by atoms with Gasteiger partial charge in [-0.15, -0.1) is 0 Å². The number of piperidine rings is 1. The zero-order valence-corrected chi connectivity index (χ0v) is 19.2. The van der Waals surface area contributed by atoms with Gasteiger partial charge in [0.1, 0.15) is 5.75 Å². The van der Waals surface area contributed by atoms with Crippen LogP contribution in [-0.4, -0.2) is 41.2 Å². The standard InChI is InChI=1S/C27H28ClN3O/c1-32-24-8-5-20(6-9-24)21-15-22(18-29-17-21)26-19-31(14-13-30-11-3-2-4-12-30)27-16-23(28)7-10-25(26)27/h5-10,15-19H,2-4,11-14H2,1H3. The Kier molecular flexibility index (Phi) is 6.15. The first-order valence-corrected chi connectivity index (χ1v) is 11.7. The van der Waals surface area contributed by atoms with Crippen molar-refractivity contribution in [3.8, 4) is 28.0 Å². The van der Waals surface area contributed by atoms with Crippen LogP contribution in [0.5, 0.6) is 5.75 Å². The molecule has 1 aliphatic heterocycles. The number of likely N-dealkylation sites (tertiary alicyclic amines) is 1. The molecule has 1 saturated heterocycles. The van der Waals surface area contributed by atoms with Crippen LogP contribution in [0.25, 0.3) is 33.2 Å². The molecule has 4 aromatic rings. The molecule has 0 bridgehead atoms. The molecule has 0 spiro atoms. The number of fused-ring (bicyclic) bond motifs is 1. The first kappa shape index (κ1) is 21.0. The quantitative estimate of drug-likeness (QED) is 0.338. The van der Waals surface area contributed by atoms with E-state index in [9.17, 15) is 0 Å². The second-order valence-corrected chi connectivity index (χ2v) is 8.93. The molecule has 5 heteroatoms. The van der Waals surface area contributed by atoms with Crippen LogP contribution in [0.4, 0.5) is 0 Å². The van der Waals surface area contributed by atoms with Crippen molar-refractivity contribution in [1.82, 2.24) is 14.5 Å². The van der Waals surface area contributed by atoms with Gasteiger partial charge in [-0.3, -0.25) is 4.98 Å². The molecular formula is C27H28ClN3O. The summed E-state index contributed by atoms with van der Waals surface area (Å²) in [7, 11) is 1.69. The lowest BCUT2D eigenvalue weighted by Gasteiger charge is -2.26. The Bertz CT molecular complexity index is 1210. The molecule has 164 valence electrons. The number of ether oxygens (including phenoxy) is 1. The summed E-state index contributed by atoms with van der Waals surface area (Å²) in [5.74, 6) is 0.853. The molecule has 0 radical (unpaired) electrons. The summed E-state index contributed by atoms with van der Waals surface area (Å²) < 4.78 is 7.65. The fourth-order valence-corrected chi connectivity index (χ4v) is 4.81. The first-order chi connectivity index (χ1) is 15.7. The molecule has 0 unspecified atom stereocenters. The van der Waals surface area contributed by atoms with Gasteiger partial charge in [0, 0.05) is 58.8 Å². The van der Waals surface area contributed by atoms with Crippen LogP contribution < -0.4 is 4.74 Å². The van der Waals surface area contributed by atoms with Gasteiger partial charge in [0.2, 0.25) is 0 Å². The van der Waals surface area contributed by atoms with E-state index in [4.69, 9.17) is 16.3 Å². The lowest BCUT2D eigenvalue weighted by Crippen LogP contribution is -2.32. The number of halogens is 1. The maximum Gasteiger partial charge on any atom is 0.118 e. The van der Waals surface area contributed by atoms with Gasteiger partial charge in [0.15, 0.2) is 0 Å². The maximum atomic E-state index is 6.38. The van der Waals surface area contributed by atoms with Crippen LogP contribution in [0.15, 0.2) is 67.1 Å². The summed E-state index contributed by atoms with van der Waals surface area (Å²) in [5.41, 5.74) is 5.70. The molecular weight excluding hydrogens is 418 g/mol. The van der Waals surface area contributed by atoms with Crippen molar-refractivity contribution in [1.29, 1.82) is 0 Å². The molecule has 4 nitrogen and oxygen atoms in total. The summed E-state index contributed by atoms with van der Waals surface area (Å²) in [4.78, 5) is 7.13. The normalized spacial score (nSPS) is 14.7.